The van der Waals surface area contributed by atoms with Crippen molar-refractivity contribution in [1.29, 1.82) is 0 Å². The number of carbonyl (C=O) groups excluding carboxylic acids is 1. The molecule has 8 heteroatoms. The minimum atomic E-state index is -0.438. The molecule has 0 radical (unpaired) electrons. The lowest BCUT2D eigenvalue weighted by atomic mass is 9.77. The Hall–Kier alpha value is -1.44. The third-order valence-electron chi connectivity index (χ3n) is 5.06. The van der Waals surface area contributed by atoms with Gasteiger partial charge in [-0.3, -0.25) is 4.79 Å². The molecule has 0 bridgehead atoms. The molecular weight excluding hydrogens is 408 g/mol. The van der Waals surface area contributed by atoms with Crippen molar-refractivity contribution in [2.24, 2.45) is 5.73 Å². The second-order valence-electron chi connectivity index (χ2n) is 6.80. The second-order valence-corrected chi connectivity index (χ2v) is 7.66. The third-order valence-corrected chi connectivity index (χ3v) is 5.95. The Balaban J connectivity index is 0.00000182. The first-order chi connectivity index (χ1) is 11.5. The van der Waals surface area contributed by atoms with E-state index in [1.165, 1.54) is 0 Å². The zero-order valence-electron chi connectivity index (χ0n) is 13.9. The lowest BCUT2D eigenvalue weighted by Gasteiger charge is -2.34. The molecule has 1 unspecified atom stereocenters. The third kappa shape index (κ3) is 3.20. The second kappa shape index (κ2) is 6.70. The fraction of sp³-hybridized carbons (Fsp3) is 0.471. The molecule has 2 aliphatic rings. The van der Waals surface area contributed by atoms with Crippen LogP contribution in [0.5, 0.6) is 0 Å². The standard InChI is InChI=1S/C17H19BrN4O2.ClH/c1-10-7-12(3-4-13(10)18)22-9-11(8-14(22)23)15-20-16(21-24-15)17(19)5-2-6-17;/h3-4,7,11H,2,5-6,8-9,19H2,1H3;1H. The van der Waals surface area contributed by atoms with Crippen molar-refractivity contribution in [2.75, 3.05) is 11.4 Å². The van der Waals surface area contributed by atoms with Crippen LogP contribution in [0.3, 0.4) is 0 Å². The van der Waals surface area contributed by atoms with Crippen LogP contribution in [-0.4, -0.2) is 22.6 Å². The first kappa shape index (κ1) is 18.4. The largest absolute Gasteiger partial charge is 0.339 e. The lowest BCUT2D eigenvalue weighted by molar-refractivity contribution is -0.117. The van der Waals surface area contributed by atoms with Gasteiger partial charge in [-0.2, -0.15) is 4.98 Å². The smallest absolute Gasteiger partial charge is 0.232 e. The highest BCUT2D eigenvalue weighted by Gasteiger charge is 2.41. The summed E-state index contributed by atoms with van der Waals surface area (Å²) < 4.78 is 6.45. The maximum atomic E-state index is 12.4. The van der Waals surface area contributed by atoms with E-state index in [-0.39, 0.29) is 24.2 Å². The lowest BCUT2D eigenvalue weighted by Crippen LogP contribution is -2.44. The summed E-state index contributed by atoms with van der Waals surface area (Å²) in [5.41, 5.74) is 7.80. The van der Waals surface area contributed by atoms with E-state index in [9.17, 15) is 4.79 Å². The Labute approximate surface area is 160 Å². The number of hydrogen-bond acceptors (Lipinski definition) is 5. The van der Waals surface area contributed by atoms with Gasteiger partial charge in [0.05, 0.1) is 11.5 Å². The summed E-state index contributed by atoms with van der Waals surface area (Å²) in [5.74, 6) is 1.10. The van der Waals surface area contributed by atoms with Crippen molar-refractivity contribution in [3.05, 3.63) is 40.0 Å². The number of nitrogens with two attached hydrogens (primary N) is 1. The summed E-state index contributed by atoms with van der Waals surface area (Å²) in [6.07, 6.45) is 3.26. The fourth-order valence-electron chi connectivity index (χ4n) is 3.30. The van der Waals surface area contributed by atoms with Gasteiger partial charge in [-0.25, -0.2) is 0 Å². The van der Waals surface area contributed by atoms with Crippen LogP contribution < -0.4 is 10.6 Å². The fourth-order valence-corrected chi connectivity index (χ4v) is 3.55. The van der Waals surface area contributed by atoms with E-state index in [0.29, 0.717) is 24.7 Å². The van der Waals surface area contributed by atoms with E-state index in [1.54, 1.807) is 4.90 Å². The van der Waals surface area contributed by atoms with Gasteiger partial charge in [0.25, 0.3) is 0 Å². The highest BCUT2D eigenvalue weighted by Crippen LogP contribution is 2.38. The average Bonchev–Trinajstić information content (AvgIpc) is 3.14. The molecule has 1 aromatic carbocycles. The van der Waals surface area contributed by atoms with E-state index in [4.69, 9.17) is 10.3 Å². The molecule has 2 N–H and O–H groups in total. The summed E-state index contributed by atoms with van der Waals surface area (Å²) in [5, 5.41) is 4.06. The van der Waals surface area contributed by atoms with Gasteiger partial charge in [0.2, 0.25) is 11.8 Å². The van der Waals surface area contributed by atoms with E-state index < -0.39 is 5.54 Å². The molecule has 1 saturated carbocycles. The number of benzene rings is 1. The predicted molar refractivity (Wildman–Crippen MR) is 99.9 cm³/mol. The minimum absolute atomic E-state index is 0. The van der Waals surface area contributed by atoms with Crippen LogP contribution in [0, 0.1) is 6.92 Å². The summed E-state index contributed by atoms with van der Waals surface area (Å²) in [6.45, 7) is 2.56. The number of carbonyl (C=O) groups is 1. The zero-order valence-corrected chi connectivity index (χ0v) is 16.3. The molecule has 1 aliphatic carbocycles. The van der Waals surface area contributed by atoms with Crippen molar-refractivity contribution in [3.63, 3.8) is 0 Å². The Morgan fingerprint density at radius 2 is 2.16 bits per heavy atom. The first-order valence-corrected chi connectivity index (χ1v) is 8.95. The van der Waals surface area contributed by atoms with Crippen LogP contribution in [0.15, 0.2) is 27.2 Å². The van der Waals surface area contributed by atoms with Gasteiger partial charge in [0, 0.05) is 23.1 Å². The molecule has 1 atom stereocenters. The molecule has 4 rings (SSSR count). The number of nitrogens with zero attached hydrogens (tertiary/aromatic N) is 3. The molecule has 134 valence electrons. The van der Waals surface area contributed by atoms with E-state index in [1.807, 2.05) is 25.1 Å². The van der Waals surface area contributed by atoms with Gasteiger partial charge in [-0.05, 0) is 49.9 Å². The van der Waals surface area contributed by atoms with Gasteiger partial charge in [-0.15, -0.1) is 12.4 Å². The molecule has 1 aliphatic heterocycles. The van der Waals surface area contributed by atoms with Gasteiger partial charge in [0.15, 0.2) is 5.82 Å². The number of rotatable bonds is 3. The molecule has 6 nitrogen and oxygen atoms in total. The normalized spacial score (nSPS) is 21.8. The molecule has 25 heavy (non-hydrogen) atoms. The quantitative estimate of drug-likeness (QED) is 0.811. The van der Waals surface area contributed by atoms with Gasteiger partial charge in [0.1, 0.15) is 0 Å². The first-order valence-electron chi connectivity index (χ1n) is 8.16. The maximum Gasteiger partial charge on any atom is 0.232 e. The highest BCUT2D eigenvalue weighted by molar-refractivity contribution is 9.10. The summed E-state index contributed by atoms with van der Waals surface area (Å²) in [6, 6.07) is 5.91. The summed E-state index contributed by atoms with van der Waals surface area (Å²) >= 11 is 3.49. The SMILES string of the molecule is Cc1cc(N2CC(c3nc(C4(N)CCC4)no3)CC2=O)ccc1Br.Cl. The number of halogens is 2. The van der Waals surface area contributed by atoms with Crippen LogP contribution >= 0.6 is 28.3 Å². The van der Waals surface area contributed by atoms with Gasteiger partial charge < -0.3 is 15.2 Å². The Bertz CT molecular complexity index is 806. The van der Waals surface area contributed by atoms with Gasteiger partial charge in [-0.1, -0.05) is 21.1 Å². The van der Waals surface area contributed by atoms with Crippen molar-refractivity contribution in [1.82, 2.24) is 10.1 Å². The number of amides is 1. The molecule has 2 aromatic rings. The summed E-state index contributed by atoms with van der Waals surface area (Å²) in [4.78, 5) is 18.7. The van der Waals surface area contributed by atoms with Crippen LogP contribution in [0.4, 0.5) is 5.69 Å². The van der Waals surface area contributed by atoms with Crippen molar-refractivity contribution >= 4 is 39.9 Å². The van der Waals surface area contributed by atoms with Crippen LogP contribution in [0.25, 0.3) is 0 Å². The Morgan fingerprint density at radius 1 is 1.40 bits per heavy atom. The maximum absolute atomic E-state index is 12.4. The molecule has 1 amide bonds. The summed E-state index contributed by atoms with van der Waals surface area (Å²) in [7, 11) is 0. The molecule has 2 fully saturated rings. The van der Waals surface area contributed by atoms with E-state index in [2.05, 4.69) is 26.1 Å². The topological polar surface area (TPSA) is 85.2 Å². The van der Waals surface area contributed by atoms with Crippen LogP contribution in [-0.2, 0) is 10.3 Å². The molecular formula is C17H20BrClN4O2. The molecule has 1 aromatic heterocycles. The molecule has 1 saturated heterocycles. The molecule has 2 heterocycles. The predicted octanol–water partition coefficient (Wildman–Crippen LogP) is 3.42. The van der Waals surface area contributed by atoms with Crippen molar-refractivity contribution in [3.8, 4) is 0 Å². The van der Waals surface area contributed by atoms with Crippen LogP contribution in [0.2, 0.25) is 0 Å². The molecule has 0 spiro atoms. The minimum Gasteiger partial charge on any atom is -0.339 e. The number of aryl methyl sites for hydroxylation is 1. The van der Waals surface area contributed by atoms with Crippen molar-refractivity contribution < 1.29 is 9.32 Å². The number of aromatic nitrogens is 2. The monoisotopic (exact) mass is 426 g/mol. The average molecular weight is 428 g/mol. The van der Waals surface area contributed by atoms with Crippen molar-refractivity contribution in [2.45, 2.75) is 44.1 Å². The Morgan fingerprint density at radius 3 is 2.80 bits per heavy atom. The number of anilines is 1. The van der Waals surface area contributed by atoms with E-state index >= 15 is 0 Å². The Kier molecular flexibility index (Phi) is 4.92. The zero-order chi connectivity index (χ0) is 16.9. The highest BCUT2D eigenvalue weighted by atomic mass is 79.9. The van der Waals surface area contributed by atoms with Crippen LogP contribution in [0.1, 0.15) is 48.9 Å². The number of hydrogen-bond donors (Lipinski definition) is 1. The van der Waals surface area contributed by atoms with E-state index in [0.717, 1.165) is 35.0 Å². The van der Waals surface area contributed by atoms with Gasteiger partial charge >= 0.3 is 0 Å².